The Balaban J connectivity index is 1.56. The summed E-state index contributed by atoms with van der Waals surface area (Å²) in [5, 5.41) is 8.09. The summed E-state index contributed by atoms with van der Waals surface area (Å²) in [5.41, 5.74) is 5.15. The van der Waals surface area contributed by atoms with Gasteiger partial charge in [0.05, 0.1) is 23.6 Å². The van der Waals surface area contributed by atoms with Gasteiger partial charge in [0.2, 0.25) is 0 Å². The quantitative estimate of drug-likeness (QED) is 0.924. The van der Waals surface area contributed by atoms with E-state index in [1.54, 1.807) is 12.4 Å². The molecule has 1 saturated carbocycles. The van der Waals surface area contributed by atoms with Gasteiger partial charge >= 0.3 is 0 Å². The second-order valence-corrected chi connectivity index (χ2v) is 5.77. The van der Waals surface area contributed by atoms with Crippen LogP contribution in [0.4, 0.5) is 5.82 Å². The maximum absolute atomic E-state index is 4.61. The van der Waals surface area contributed by atoms with Gasteiger partial charge in [0.1, 0.15) is 5.82 Å². The molecule has 0 radical (unpaired) electrons. The molecule has 0 saturated heterocycles. The third-order valence-electron chi connectivity index (χ3n) is 4.31. The van der Waals surface area contributed by atoms with Crippen LogP contribution in [-0.4, -0.2) is 19.7 Å². The Kier molecular flexibility index (Phi) is 2.72. The molecule has 4 rings (SSSR count). The van der Waals surface area contributed by atoms with E-state index >= 15 is 0 Å². The summed E-state index contributed by atoms with van der Waals surface area (Å²) in [6.45, 7) is 0.789. The lowest BCUT2D eigenvalue weighted by atomic mass is 10.2. The summed E-state index contributed by atoms with van der Waals surface area (Å²) in [6, 6.07) is 0. The molecule has 0 atom stereocenters. The standard InChI is InChI=1S/C15H19N5/c1-20-13(11-3-2-4-12(11)19-20)9-18-15-14(10-5-6-10)16-7-8-17-15/h7-8,10H,2-6,9H2,1H3,(H,17,18). The first-order valence-electron chi connectivity index (χ1n) is 7.41. The Morgan fingerprint density at radius 2 is 2.10 bits per heavy atom. The van der Waals surface area contributed by atoms with E-state index in [9.17, 15) is 0 Å². The van der Waals surface area contributed by atoms with Crippen LogP contribution in [0.5, 0.6) is 0 Å². The molecule has 1 fully saturated rings. The van der Waals surface area contributed by atoms with Crippen LogP contribution in [0, 0.1) is 0 Å². The summed E-state index contributed by atoms with van der Waals surface area (Å²) in [7, 11) is 2.04. The van der Waals surface area contributed by atoms with Crippen LogP contribution < -0.4 is 5.32 Å². The fraction of sp³-hybridized carbons (Fsp3) is 0.533. The first kappa shape index (κ1) is 11.9. The minimum absolute atomic E-state index is 0.614. The smallest absolute Gasteiger partial charge is 0.148 e. The van der Waals surface area contributed by atoms with Crippen molar-refractivity contribution in [2.45, 2.75) is 44.6 Å². The lowest BCUT2D eigenvalue weighted by Gasteiger charge is -2.10. The van der Waals surface area contributed by atoms with Crippen molar-refractivity contribution in [1.29, 1.82) is 0 Å². The Bertz CT molecular complexity index is 642. The zero-order chi connectivity index (χ0) is 13.5. The lowest BCUT2D eigenvalue weighted by molar-refractivity contribution is 0.687. The molecule has 104 valence electrons. The van der Waals surface area contributed by atoms with E-state index in [-0.39, 0.29) is 0 Å². The van der Waals surface area contributed by atoms with Crippen LogP contribution in [-0.2, 0) is 26.4 Å². The van der Waals surface area contributed by atoms with Gasteiger partial charge in [-0.05, 0) is 37.7 Å². The number of aryl methyl sites for hydroxylation is 2. The van der Waals surface area contributed by atoms with E-state index in [1.807, 2.05) is 11.7 Å². The van der Waals surface area contributed by atoms with Crippen LogP contribution in [0.15, 0.2) is 12.4 Å². The molecule has 2 aliphatic rings. The van der Waals surface area contributed by atoms with E-state index in [0.717, 1.165) is 30.9 Å². The maximum Gasteiger partial charge on any atom is 0.148 e. The normalized spacial score (nSPS) is 17.2. The SMILES string of the molecule is Cn1nc2c(c1CNc1nccnc1C1CC1)CCC2. The lowest BCUT2D eigenvalue weighted by Crippen LogP contribution is -2.10. The first-order valence-corrected chi connectivity index (χ1v) is 7.41. The second kappa shape index (κ2) is 4.58. The van der Waals surface area contributed by atoms with Gasteiger partial charge in [-0.25, -0.2) is 4.98 Å². The molecular formula is C15H19N5. The molecule has 0 spiro atoms. The van der Waals surface area contributed by atoms with Crippen LogP contribution in [0.3, 0.4) is 0 Å². The fourth-order valence-corrected chi connectivity index (χ4v) is 3.11. The molecule has 0 aromatic carbocycles. The van der Waals surface area contributed by atoms with Crippen molar-refractivity contribution < 1.29 is 0 Å². The van der Waals surface area contributed by atoms with Crippen molar-refractivity contribution in [3.8, 4) is 0 Å². The molecule has 2 heterocycles. The number of hydrogen-bond acceptors (Lipinski definition) is 4. The molecular weight excluding hydrogens is 250 g/mol. The van der Waals surface area contributed by atoms with Gasteiger partial charge in [-0.15, -0.1) is 0 Å². The van der Waals surface area contributed by atoms with Crippen molar-refractivity contribution >= 4 is 5.82 Å². The van der Waals surface area contributed by atoms with E-state index in [0.29, 0.717) is 5.92 Å². The number of rotatable bonds is 4. The Morgan fingerprint density at radius 1 is 1.25 bits per heavy atom. The maximum atomic E-state index is 4.61. The molecule has 0 amide bonds. The molecule has 20 heavy (non-hydrogen) atoms. The molecule has 0 bridgehead atoms. The van der Waals surface area contributed by atoms with Crippen LogP contribution in [0.25, 0.3) is 0 Å². The number of nitrogens with one attached hydrogen (secondary N) is 1. The predicted molar refractivity (Wildman–Crippen MR) is 76.6 cm³/mol. The van der Waals surface area contributed by atoms with Gasteiger partial charge < -0.3 is 5.32 Å². The molecule has 2 aliphatic carbocycles. The number of hydrogen-bond donors (Lipinski definition) is 1. The zero-order valence-electron chi connectivity index (χ0n) is 11.8. The van der Waals surface area contributed by atoms with Crippen molar-refractivity contribution in [2.24, 2.45) is 7.05 Å². The number of anilines is 1. The fourth-order valence-electron chi connectivity index (χ4n) is 3.11. The molecule has 5 heteroatoms. The number of aromatic nitrogens is 4. The van der Waals surface area contributed by atoms with Crippen LogP contribution >= 0.6 is 0 Å². The molecule has 0 aliphatic heterocycles. The van der Waals surface area contributed by atoms with Crippen molar-refractivity contribution in [1.82, 2.24) is 19.7 Å². The van der Waals surface area contributed by atoms with Gasteiger partial charge in [-0.2, -0.15) is 5.10 Å². The summed E-state index contributed by atoms with van der Waals surface area (Å²) in [5.74, 6) is 1.56. The minimum atomic E-state index is 0.614. The Hall–Kier alpha value is -1.91. The van der Waals surface area contributed by atoms with Crippen LogP contribution in [0.2, 0.25) is 0 Å². The first-order chi connectivity index (χ1) is 9.83. The molecule has 0 unspecified atom stereocenters. The zero-order valence-corrected chi connectivity index (χ0v) is 11.8. The van der Waals surface area contributed by atoms with E-state index in [2.05, 4.69) is 20.4 Å². The third-order valence-corrected chi connectivity index (χ3v) is 4.31. The van der Waals surface area contributed by atoms with Crippen LogP contribution in [0.1, 0.15) is 47.8 Å². The van der Waals surface area contributed by atoms with Crippen molar-refractivity contribution in [2.75, 3.05) is 5.32 Å². The van der Waals surface area contributed by atoms with E-state index in [1.165, 1.54) is 36.2 Å². The highest BCUT2D eigenvalue weighted by molar-refractivity contribution is 5.44. The molecule has 5 nitrogen and oxygen atoms in total. The monoisotopic (exact) mass is 269 g/mol. The highest BCUT2D eigenvalue weighted by Crippen LogP contribution is 2.41. The summed E-state index contributed by atoms with van der Waals surface area (Å²) >= 11 is 0. The average molecular weight is 269 g/mol. The molecule has 2 aromatic rings. The predicted octanol–water partition coefficient (Wildman–Crippen LogP) is 2.19. The summed E-state index contributed by atoms with van der Waals surface area (Å²) in [4.78, 5) is 8.95. The topological polar surface area (TPSA) is 55.6 Å². The highest BCUT2D eigenvalue weighted by atomic mass is 15.3. The van der Waals surface area contributed by atoms with Gasteiger partial charge in [0, 0.05) is 25.4 Å². The van der Waals surface area contributed by atoms with Crippen molar-refractivity contribution in [3.63, 3.8) is 0 Å². The minimum Gasteiger partial charge on any atom is -0.363 e. The highest BCUT2D eigenvalue weighted by Gasteiger charge is 2.28. The Morgan fingerprint density at radius 3 is 2.95 bits per heavy atom. The largest absolute Gasteiger partial charge is 0.363 e. The van der Waals surface area contributed by atoms with Gasteiger partial charge in [0.25, 0.3) is 0 Å². The van der Waals surface area contributed by atoms with Gasteiger partial charge in [-0.1, -0.05) is 0 Å². The summed E-state index contributed by atoms with van der Waals surface area (Å²) < 4.78 is 2.02. The molecule has 2 aromatic heterocycles. The van der Waals surface area contributed by atoms with Crippen molar-refractivity contribution in [3.05, 3.63) is 35.0 Å². The molecule has 1 N–H and O–H groups in total. The Labute approximate surface area is 118 Å². The summed E-state index contributed by atoms with van der Waals surface area (Å²) in [6.07, 6.45) is 9.58. The average Bonchev–Trinajstić information content (AvgIpc) is 3.13. The van der Waals surface area contributed by atoms with E-state index in [4.69, 9.17) is 0 Å². The van der Waals surface area contributed by atoms with Gasteiger partial charge in [-0.3, -0.25) is 9.67 Å². The number of fused-ring (bicyclic) bond motifs is 1. The third kappa shape index (κ3) is 1.97. The van der Waals surface area contributed by atoms with Gasteiger partial charge in [0.15, 0.2) is 0 Å². The number of nitrogens with zero attached hydrogens (tertiary/aromatic N) is 4. The second-order valence-electron chi connectivity index (χ2n) is 5.77. The van der Waals surface area contributed by atoms with E-state index < -0.39 is 0 Å².